The molecule has 1 atom stereocenters. The molecule has 1 aliphatic rings. The number of aryl methyl sites for hydroxylation is 1. The van der Waals surface area contributed by atoms with Crippen molar-refractivity contribution in [2.45, 2.75) is 32.2 Å². The van der Waals surface area contributed by atoms with Crippen LogP contribution in [0.5, 0.6) is 5.75 Å². The zero-order valence-electron chi connectivity index (χ0n) is 16.8. The van der Waals surface area contributed by atoms with Gasteiger partial charge in [-0.3, -0.25) is 9.69 Å². The highest BCUT2D eigenvalue weighted by atomic mass is 32.1. The minimum atomic E-state index is -0.217. The molecule has 152 valence electrons. The van der Waals surface area contributed by atoms with Gasteiger partial charge in [0.1, 0.15) is 10.8 Å². The van der Waals surface area contributed by atoms with Gasteiger partial charge in [-0.15, -0.1) is 11.3 Å². The summed E-state index contributed by atoms with van der Waals surface area (Å²) in [5.74, 6) is 0.949. The van der Waals surface area contributed by atoms with Crippen molar-refractivity contribution in [2.24, 2.45) is 0 Å². The number of nitrogens with one attached hydrogen (secondary N) is 1. The smallest absolute Gasteiger partial charge is 0.291 e. The summed E-state index contributed by atoms with van der Waals surface area (Å²) in [6.45, 7) is 4.19. The van der Waals surface area contributed by atoms with Crippen LogP contribution in [0.25, 0.3) is 0 Å². The predicted octanol–water partition coefficient (Wildman–Crippen LogP) is 5.49. The molecule has 0 unspecified atom stereocenters. The number of methoxy groups -OCH3 is 1. The maximum Gasteiger partial charge on any atom is 0.291 e. The van der Waals surface area contributed by atoms with Gasteiger partial charge in [0, 0.05) is 10.4 Å². The highest BCUT2D eigenvalue weighted by Gasteiger charge is 2.28. The summed E-state index contributed by atoms with van der Waals surface area (Å²) in [6.07, 6.45) is 5.19. The molecule has 29 heavy (non-hydrogen) atoms. The summed E-state index contributed by atoms with van der Waals surface area (Å²) in [7, 11) is 1.68. The quantitative estimate of drug-likeness (QED) is 0.584. The minimum absolute atomic E-state index is 0.0954. The number of amides is 1. The molecule has 5 nitrogen and oxygen atoms in total. The van der Waals surface area contributed by atoms with Crippen molar-refractivity contribution < 1.29 is 13.9 Å². The van der Waals surface area contributed by atoms with Crippen LogP contribution in [0, 0.1) is 6.92 Å². The molecule has 0 aliphatic carbocycles. The summed E-state index contributed by atoms with van der Waals surface area (Å²) in [4.78, 5) is 16.3. The van der Waals surface area contributed by atoms with Gasteiger partial charge in [0.15, 0.2) is 5.76 Å². The van der Waals surface area contributed by atoms with Gasteiger partial charge in [-0.1, -0.05) is 18.6 Å². The van der Waals surface area contributed by atoms with Crippen LogP contribution in [0.3, 0.4) is 0 Å². The van der Waals surface area contributed by atoms with Gasteiger partial charge in [-0.25, -0.2) is 0 Å². The van der Waals surface area contributed by atoms with E-state index in [9.17, 15) is 4.79 Å². The first-order valence-corrected chi connectivity index (χ1v) is 10.8. The van der Waals surface area contributed by atoms with Crippen LogP contribution in [-0.2, 0) is 0 Å². The van der Waals surface area contributed by atoms with Crippen LogP contribution in [0.4, 0.5) is 5.00 Å². The third-order valence-corrected chi connectivity index (χ3v) is 6.32. The lowest BCUT2D eigenvalue weighted by molar-refractivity contribution is 0.0996. The van der Waals surface area contributed by atoms with Crippen LogP contribution in [0.2, 0.25) is 0 Å². The Morgan fingerprint density at radius 2 is 1.93 bits per heavy atom. The first-order valence-electron chi connectivity index (χ1n) is 9.99. The highest BCUT2D eigenvalue weighted by molar-refractivity contribution is 7.16. The van der Waals surface area contributed by atoms with E-state index >= 15 is 0 Å². The third kappa shape index (κ3) is 4.38. The van der Waals surface area contributed by atoms with Crippen LogP contribution >= 0.6 is 11.3 Å². The summed E-state index contributed by atoms with van der Waals surface area (Å²) >= 11 is 1.61. The summed E-state index contributed by atoms with van der Waals surface area (Å²) in [5, 5.41) is 3.96. The maximum absolute atomic E-state index is 12.6. The Kier molecular flexibility index (Phi) is 6.02. The standard InChI is InChI=1S/C23H26N2O3S/c1-16-15-19(23(29-16)24-22(26)20-7-6-14-28-20)21(25-12-4-3-5-13-25)17-8-10-18(27-2)11-9-17/h6-11,14-15,21H,3-5,12-13H2,1-2H3,(H,24,26)/t21-/m0/s1. The van der Waals surface area contributed by atoms with Crippen molar-refractivity contribution in [3.63, 3.8) is 0 Å². The molecule has 1 saturated heterocycles. The van der Waals surface area contributed by atoms with E-state index in [-0.39, 0.29) is 11.9 Å². The Hall–Kier alpha value is -2.57. The molecule has 3 heterocycles. The molecule has 1 amide bonds. The lowest BCUT2D eigenvalue weighted by atomic mass is 9.96. The number of rotatable bonds is 6. The number of hydrogen-bond donors (Lipinski definition) is 1. The average molecular weight is 411 g/mol. The Bertz CT molecular complexity index is 941. The number of carbonyl (C=O) groups is 1. The van der Waals surface area contributed by atoms with E-state index in [2.05, 4.69) is 35.3 Å². The SMILES string of the molecule is COc1ccc([C@@H](c2cc(C)sc2NC(=O)c2ccco2)N2CCCCC2)cc1. The summed E-state index contributed by atoms with van der Waals surface area (Å²) in [5.41, 5.74) is 2.35. The Morgan fingerprint density at radius 1 is 1.17 bits per heavy atom. The molecule has 1 fully saturated rings. The molecule has 0 radical (unpaired) electrons. The van der Waals surface area contributed by atoms with Gasteiger partial charge < -0.3 is 14.5 Å². The second-order valence-corrected chi connectivity index (χ2v) is 8.60. The molecular formula is C23H26N2O3S. The molecule has 3 aromatic rings. The number of piperidine rings is 1. The molecule has 4 rings (SSSR count). The van der Waals surface area contributed by atoms with Gasteiger partial charge in [0.2, 0.25) is 0 Å². The fraction of sp³-hybridized carbons (Fsp3) is 0.348. The van der Waals surface area contributed by atoms with Crippen molar-refractivity contribution in [1.29, 1.82) is 0 Å². The number of carbonyl (C=O) groups excluding carboxylic acids is 1. The van der Waals surface area contributed by atoms with E-state index in [0.717, 1.165) is 29.4 Å². The van der Waals surface area contributed by atoms with E-state index in [1.807, 2.05) is 12.1 Å². The molecule has 1 aromatic carbocycles. The molecule has 0 saturated carbocycles. The van der Waals surface area contributed by atoms with Gasteiger partial charge >= 0.3 is 0 Å². The third-order valence-electron chi connectivity index (χ3n) is 5.34. The number of hydrogen-bond acceptors (Lipinski definition) is 5. The zero-order valence-corrected chi connectivity index (χ0v) is 17.6. The number of thiophene rings is 1. The minimum Gasteiger partial charge on any atom is -0.497 e. The van der Waals surface area contributed by atoms with Crippen molar-refractivity contribution in [3.05, 3.63) is 70.5 Å². The molecule has 0 bridgehead atoms. The number of benzene rings is 1. The maximum atomic E-state index is 12.6. The van der Waals surface area contributed by atoms with Gasteiger partial charge in [-0.2, -0.15) is 0 Å². The number of anilines is 1. The topological polar surface area (TPSA) is 54.7 Å². The largest absolute Gasteiger partial charge is 0.497 e. The Labute approximate surface area is 175 Å². The van der Waals surface area contributed by atoms with Crippen LogP contribution in [0.15, 0.2) is 53.1 Å². The predicted molar refractivity (Wildman–Crippen MR) is 116 cm³/mol. The number of furan rings is 1. The molecular weight excluding hydrogens is 384 g/mol. The van der Waals surface area contributed by atoms with Crippen LogP contribution < -0.4 is 10.1 Å². The zero-order chi connectivity index (χ0) is 20.2. The van der Waals surface area contributed by atoms with Gasteiger partial charge in [0.25, 0.3) is 5.91 Å². The normalized spacial score (nSPS) is 15.8. The van der Waals surface area contributed by atoms with Crippen molar-refractivity contribution in [2.75, 3.05) is 25.5 Å². The molecule has 0 spiro atoms. The second-order valence-electron chi connectivity index (χ2n) is 7.35. The average Bonchev–Trinajstić information content (AvgIpc) is 3.40. The molecule has 1 N–H and O–H groups in total. The fourth-order valence-electron chi connectivity index (χ4n) is 3.96. The summed E-state index contributed by atoms with van der Waals surface area (Å²) in [6, 6.07) is 14.0. The Balaban J connectivity index is 1.70. The van der Waals surface area contributed by atoms with Crippen LogP contribution in [0.1, 0.15) is 51.9 Å². The van der Waals surface area contributed by atoms with Crippen molar-refractivity contribution in [3.8, 4) is 5.75 Å². The van der Waals surface area contributed by atoms with Gasteiger partial charge in [0.05, 0.1) is 19.4 Å². The van der Waals surface area contributed by atoms with E-state index in [0.29, 0.717) is 5.76 Å². The molecule has 2 aromatic heterocycles. The van der Waals surface area contributed by atoms with E-state index < -0.39 is 0 Å². The lowest BCUT2D eigenvalue weighted by Crippen LogP contribution is -2.34. The molecule has 1 aliphatic heterocycles. The number of ether oxygens (including phenoxy) is 1. The highest BCUT2D eigenvalue weighted by Crippen LogP contribution is 2.40. The first-order chi connectivity index (χ1) is 14.2. The number of nitrogens with zero attached hydrogens (tertiary/aromatic N) is 1. The van der Waals surface area contributed by atoms with E-state index in [1.54, 1.807) is 30.6 Å². The van der Waals surface area contributed by atoms with E-state index in [4.69, 9.17) is 9.15 Å². The van der Waals surface area contributed by atoms with Crippen LogP contribution in [-0.4, -0.2) is 31.0 Å². The monoisotopic (exact) mass is 410 g/mol. The Morgan fingerprint density at radius 3 is 2.59 bits per heavy atom. The molecule has 6 heteroatoms. The van der Waals surface area contributed by atoms with Gasteiger partial charge in [-0.05, 0) is 68.8 Å². The second kappa shape index (κ2) is 8.84. The van der Waals surface area contributed by atoms with E-state index in [1.165, 1.54) is 36.0 Å². The lowest BCUT2D eigenvalue weighted by Gasteiger charge is -2.35. The summed E-state index contributed by atoms with van der Waals surface area (Å²) < 4.78 is 10.6. The number of likely N-dealkylation sites (tertiary alicyclic amines) is 1. The van der Waals surface area contributed by atoms with Crippen molar-refractivity contribution in [1.82, 2.24) is 4.90 Å². The fourth-order valence-corrected chi connectivity index (χ4v) is 4.90. The van der Waals surface area contributed by atoms with Crippen molar-refractivity contribution >= 4 is 22.2 Å². The first kappa shape index (κ1) is 19.7.